The van der Waals surface area contributed by atoms with Crippen LogP contribution in [0.4, 0.5) is 0 Å². The smallest absolute Gasteiger partial charge is 0.166 e. The van der Waals surface area contributed by atoms with Gasteiger partial charge in [-0.3, -0.25) is 0 Å². The summed E-state index contributed by atoms with van der Waals surface area (Å²) < 4.78 is 0. The van der Waals surface area contributed by atoms with Crippen molar-refractivity contribution in [1.82, 2.24) is 20.2 Å². The van der Waals surface area contributed by atoms with Crippen molar-refractivity contribution in [3.8, 4) is 12.3 Å². The van der Waals surface area contributed by atoms with E-state index >= 15 is 0 Å². The van der Waals surface area contributed by atoms with Crippen molar-refractivity contribution in [2.24, 2.45) is 7.05 Å². The first kappa shape index (κ1) is 4.78. The van der Waals surface area contributed by atoms with E-state index < -0.39 is 0 Å². The zero-order valence-corrected chi connectivity index (χ0v) is 4.37. The topological polar surface area (TPSA) is 43.6 Å². The molecular formula is C4H4N4. The fourth-order valence-electron chi connectivity index (χ4n) is 0.342. The zero-order valence-electron chi connectivity index (χ0n) is 4.37. The van der Waals surface area contributed by atoms with Crippen LogP contribution in [0, 0.1) is 12.3 Å². The van der Waals surface area contributed by atoms with Crippen molar-refractivity contribution in [2.45, 2.75) is 0 Å². The molecule has 4 heteroatoms. The van der Waals surface area contributed by atoms with Crippen LogP contribution in [-0.4, -0.2) is 20.2 Å². The summed E-state index contributed by atoms with van der Waals surface area (Å²) in [5, 5.41) is 10.7. The van der Waals surface area contributed by atoms with Crippen LogP contribution in [0.1, 0.15) is 5.82 Å². The van der Waals surface area contributed by atoms with Gasteiger partial charge in [-0.05, 0) is 11.1 Å². The highest BCUT2D eigenvalue weighted by Gasteiger charge is 1.89. The van der Waals surface area contributed by atoms with Crippen LogP contribution in [0.25, 0.3) is 0 Å². The molecule has 0 saturated carbocycles. The molecule has 1 rings (SSSR count). The van der Waals surface area contributed by atoms with E-state index in [0.717, 1.165) is 0 Å². The Morgan fingerprint density at radius 1 is 1.75 bits per heavy atom. The molecule has 0 unspecified atom stereocenters. The third-order valence-electron chi connectivity index (χ3n) is 0.637. The van der Waals surface area contributed by atoms with E-state index in [1.807, 2.05) is 0 Å². The fourth-order valence-corrected chi connectivity index (χ4v) is 0.342. The average molecular weight is 108 g/mol. The van der Waals surface area contributed by atoms with Crippen molar-refractivity contribution < 1.29 is 0 Å². The zero-order chi connectivity index (χ0) is 5.98. The summed E-state index contributed by atoms with van der Waals surface area (Å²) in [6.45, 7) is 0. The lowest BCUT2D eigenvalue weighted by atomic mass is 10.7. The largest absolute Gasteiger partial charge is 0.247 e. The molecular weight excluding hydrogens is 104 g/mol. The van der Waals surface area contributed by atoms with Crippen LogP contribution in [0.5, 0.6) is 0 Å². The number of aromatic nitrogens is 4. The Balaban J connectivity index is 3.05. The summed E-state index contributed by atoms with van der Waals surface area (Å²) in [6.07, 6.45) is 4.93. The van der Waals surface area contributed by atoms with Gasteiger partial charge in [-0.1, -0.05) is 5.10 Å². The first-order valence-corrected chi connectivity index (χ1v) is 2.03. The van der Waals surface area contributed by atoms with Gasteiger partial charge in [0.2, 0.25) is 5.82 Å². The van der Waals surface area contributed by atoms with Crippen molar-refractivity contribution in [1.29, 1.82) is 0 Å². The number of tetrazole rings is 1. The molecule has 0 saturated heterocycles. The number of hydrogen-bond donors (Lipinski definition) is 0. The van der Waals surface area contributed by atoms with Gasteiger partial charge in [-0.2, -0.15) is 4.80 Å². The van der Waals surface area contributed by atoms with Gasteiger partial charge in [0, 0.05) is 0 Å². The van der Waals surface area contributed by atoms with E-state index in [-0.39, 0.29) is 0 Å². The molecule has 0 fully saturated rings. The molecule has 0 amide bonds. The lowest BCUT2D eigenvalue weighted by Crippen LogP contribution is -1.91. The maximum absolute atomic E-state index is 4.93. The van der Waals surface area contributed by atoms with E-state index in [9.17, 15) is 0 Å². The maximum atomic E-state index is 4.93. The van der Waals surface area contributed by atoms with Gasteiger partial charge in [-0.25, -0.2) is 0 Å². The summed E-state index contributed by atoms with van der Waals surface area (Å²) in [7, 11) is 1.66. The van der Waals surface area contributed by atoms with Gasteiger partial charge in [-0.15, -0.1) is 11.5 Å². The Morgan fingerprint density at radius 2 is 2.50 bits per heavy atom. The molecule has 0 bridgehead atoms. The van der Waals surface area contributed by atoms with Crippen LogP contribution in [0.15, 0.2) is 0 Å². The molecule has 40 valence electrons. The van der Waals surface area contributed by atoms with Crippen molar-refractivity contribution in [2.75, 3.05) is 0 Å². The Morgan fingerprint density at radius 3 is 2.75 bits per heavy atom. The Kier molecular flexibility index (Phi) is 0.968. The molecule has 0 aliphatic heterocycles. The average Bonchev–Trinajstić information content (AvgIpc) is 2.14. The molecule has 0 radical (unpaired) electrons. The lowest BCUT2D eigenvalue weighted by molar-refractivity contribution is 0.629. The van der Waals surface area contributed by atoms with Crippen LogP contribution >= 0.6 is 0 Å². The molecule has 0 aliphatic rings. The molecule has 8 heavy (non-hydrogen) atoms. The highest BCUT2D eigenvalue weighted by Crippen LogP contribution is 1.75. The number of nitrogens with zero attached hydrogens (tertiary/aromatic N) is 4. The van der Waals surface area contributed by atoms with E-state index in [1.54, 1.807) is 7.05 Å². The second kappa shape index (κ2) is 1.62. The highest BCUT2D eigenvalue weighted by atomic mass is 15.6. The number of rotatable bonds is 0. The Labute approximate surface area is 46.5 Å². The van der Waals surface area contributed by atoms with Crippen molar-refractivity contribution in [3.05, 3.63) is 5.82 Å². The monoisotopic (exact) mass is 108 g/mol. The minimum atomic E-state index is 0.326. The predicted octanol–water partition coefficient (Wildman–Crippen LogP) is -0.809. The van der Waals surface area contributed by atoms with Gasteiger partial charge in [0.15, 0.2) is 0 Å². The molecule has 0 atom stereocenters. The summed E-state index contributed by atoms with van der Waals surface area (Å²) in [4.78, 5) is 1.31. The van der Waals surface area contributed by atoms with Gasteiger partial charge >= 0.3 is 0 Å². The third-order valence-corrected chi connectivity index (χ3v) is 0.637. The van der Waals surface area contributed by atoms with E-state index in [0.29, 0.717) is 5.82 Å². The third kappa shape index (κ3) is 0.658. The predicted molar refractivity (Wildman–Crippen MR) is 26.7 cm³/mol. The first-order chi connectivity index (χ1) is 3.83. The Bertz CT molecular complexity index is 218. The molecule has 0 N–H and O–H groups in total. The Hall–Kier alpha value is -1.37. The normalized spacial score (nSPS) is 8.50. The van der Waals surface area contributed by atoms with Gasteiger partial charge in [0.05, 0.1) is 7.05 Å². The van der Waals surface area contributed by atoms with E-state index in [1.165, 1.54) is 4.80 Å². The molecule has 4 nitrogen and oxygen atoms in total. The van der Waals surface area contributed by atoms with Crippen LogP contribution in [-0.2, 0) is 7.05 Å². The minimum absolute atomic E-state index is 0.326. The van der Waals surface area contributed by atoms with Crippen LogP contribution in [0.3, 0.4) is 0 Å². The molecule has 0 aliphatic carbocycles. The van der Waals surface area contributed by atoms with Gasteiger partial charge in [0.1, 0.15) is 0 Å². The number of hydrogen-bond acceptors (Lipinski definition) is 3. The summed E-state index contributed by atoms with van der Waals surface area (Å²) in [5.41, 5.74) is 0. The standard InChI is InChI=1S/C4H4N4/c1-3-4-5-7-8(2)6-4/h1H,2H3. The second-order valence-corrected chi connectivity index (χ2v) is 1.25. The van der Waals surface area contributed by atoms with Crippen molar-refractivity contribution in [3.63, 3.8) is 0 Å². The van der Waals surface area contributed by atoms with Gasteiger partial charge < -0.3 is 0 Å². The summed E-state index contributed by atoms with van der Waals surface area (Å²) in [5.74, 6) is 2.57. The number of terminal acetylenes is 1. The second-order valence-electron chi connectivity index (χ2n) is 1.25. The maximum Gasteiger partial charge on any atom is 0.247 e. The quantitative estimate of drug-likeness (QED) is 0.408. The van der Waals surface area contributed by atoms with E-state index in [4.69, 9.17) is 6.42 Å². The number of aryl methyl sites for hydroxylation is 1. The lowest BCUT2D eigenvalue weighted by Gasteiger charge is -1.73. The molecule has 1 heterocycles. The minimum Gasteiger partial charge on any atom is -0.166 e. The SMILES string of the molecule is C#Cc1nnn(C)n1. The van der Waals surface area contributed by atoms with E-state index in [2.05, 4.69) is 21.3 Å². The van der Waals surface area contributed by atoms with Gasteiger partial charge in [0.25, 0.3) is 0 Å². The fraction of sp³-hybridized carbons (Fsp3) is 0.250. The van der Waals surface area contributed by atoms with Crippen LogP contribution < -0.4 is 0 Å². The van der Waals surface area contributed by atoms with Crippen molar-refractivity contribution >= 4 is 0 Å². The summed E-state index contributed by atoms with van der Waals surface area (Å²) in [6, 6.07) is 0. The molecule has 0 aromatic carbocycles. The summed E-state index contributed by atoms with van der Waals surface area (Å²) >= 11 is 0. The molecule has 0 spiro atoms. The molecule has 1 aromatic heterocycles. The first-order valence-electron chi connectivity index (χ1n) is 2.03. The highest BCUT2D eigenvalue weighted by molar-refractivity contribution is 5.10. The molecule has 1 aromatic rings. The van der Waals surface area contributed by atoms with Crippen LogP contribution in [0.2, 0.25) is 0 Å².